The first-order chi connectivity index (χ1) is 9.06. The molecule has 0 bridgehead atoms. The lowest BCUT2D eigenvalue weighted by atomic mass is 10.2. The van der Waals surface area contributed by atoms with Gasteiger partial charge in [0.1, 0.15) is 5.82 Å². The van der Waals surface area contributed by atoms with Crippen LogP contribution in [0.15, 0.2) is 24.3 Å². The molecule has 0 spiro atoms. The van der Waals surface area contributed by atoms with Gasteiger partial charge in [-0.05, 0) is 32.4 Å². The van der Waals surface area contributed by atoms with Gasteiger partial charge in [-0.15, -0.1) is 0 Å². The fourth-order valence-corrected chi connectivity index (χ4v) is 1.89. The predicted octanol–water partition coefficient (Wildman–Crippen LogP) is 2.25. The zero-order valence-electron chi connectivity index (χ0n) is 11.3. The van der Waals surface area contributed by atoms with Crippen molar-refractivity contribution < 1.29 is 9.53 Å². The highest BCUT2D eigenvalue weighted by atomic mass is 16.5. The van der Waals surface area contributed by atoms with Crippen molar-refractivity contribution in [3.63, 3.8) is 0 Å². The van der Waals surface area contributed by atoms with Crippen molar-refractivity contribution in [1.82, 2.24) is 9.78 Å². The van der Waals surface area contributed by atoms with E-state index < -0.39 is 5.97 Å². The van der Waals surface area contributed by atoms with Crippen molar-refractivity contribution in [2.75, 3.05) is 12.3 Å². The average Bonchev–Trinajstić information content (AvgIpc) is 2.68. The van der Waals surface area contributed by atoms with Gasteiger partial charge in [-0.3, -0.25) is 0 Å². The van der Waals surface area contributed by atoms with E-state index >= 15 is 0 Å². The standard InChI is InChI=1S/C14H17N3O2/c1-4-19-14(18)12-10(3)13(15)17(16-12)11-8-6-5-7-9(11)2/h5-8H,4,15H2,1-3H3. The van der Waals surface area contributed by atoms with Gasteiger partial charge in [0.15, 0.2) is 5.69 Å². The number of benzene rings is 1. The average molecular weight is 259 g/mol. The molecule has 2 aromatic rings. The van der Waals surface area contributed by atoms with E-state index in [4.69, 9.17) is 10.5 Å². The van der Waals surface area contributed by atoms with Crippen molar-refractivity contribution in [3.05, 3.63) is 41.1 Å². The molecular weight excluding hydrogens is 242 g/mol. The summed E-state index contributed by atoms with van der Waals surface area (Å²) in [6.45, 7) is 5.81. The molecule has 0 saturated carbocycles. The number of aryl methyl sites for hydroxylation is 1. The van der Waals surface area contributed by atoms with E-state index in [-0.39, 0.29) is 5.69 Å². The number of aromatic nitrogens is 2. The molecule has 1 heterocycles. The third-order valence-corrected chi connectivity index (χ3v) is 2.98. The molecule has 1 aromatic carbocycles. The zero-order valence-corrected chi connectivity index (χ0v) is 11.3. The van der Waals surface area contributed by atoms with Crippen molar-refractivity contribution in [1.29, 1.82) is 0 Å². The molecular formula is C14H17N3O2. The summed E-state index contributed by atoms with van der Waals surface area (Å²) < 4.78 is 6.55. The molecule has 0 radical (unpaired) electrons. The van der Waals surface area contributed by atoms with Crippen molar-refractivity contribution in [2.24, 2.45) is 0 Å². The number of carbonyl (C=O) groups excluding carboxylic acids is 1. The normalized spacial score (nSPS) is 10.5. The molecule has 19 heavy (non-hydrogen) atoms. The number of para-hydroxylation sites is 1. The number of esters is 1. The summed E-state index contributed by atoms with van der Waals surface area (Å²) in [5, 5.41) is 4.28. The van der Waals surface area contributed by atoms with E-state index in [2.05, 4.69) is 5.10 Å². The quantitative estimate of drug-likeness (QED) is 0.858. The molecule has 1 aromatic heterocycles. The molecule has 5 heteroatoms. The Morgan fingerprint density at radius 3 is 2.68 bits per heavy atom. The third kappa shape index (κ3) is 2.31. The monoisotopic (exact) mass is 259 g/mol. The van der Waals surface area contributed by atoms with Gasteiger partial charge >= 0.3 is 5.97 Å². The smallest absolute Gasteiger partial charge is 0.359 e. The van der Waals surface area contributed by atoms with Crippen molar-refractivity contribution in [2.45, 2.75) is 20.8 Å². The number of ether oxygens (including phenoxy) is 1. The summed E-state index contributed by atoms with van der Waals surface area (Å²) >= 11 is 0. The first kappa shape index (κ1) is 13.1. The van der Waals surface area contributed by atoms with Crippen LogP contribution in [0.2, 0.25) is 0 Å². The van der Waals surface area contributed by atoms with Gasteiger partial charge in [0.25, 0.3) is 0 Å². The SMILES string of the molecule is CCOC(=O)c1nn(-c2ccccc2C)c(N)c1C. The molecule has 0 unspecified atom stereocenters. The van der Waals surface area contributed by atoms with Gasteiger partial charge < -0.3 is 10.5 Å². The third-order valence-electron chi connectivity index (χ3n) is 2.98. The number of anilines is 1. The number of hydrogen-bond acceptors (Lipinski definition) is 4. The maximum absolute atomic E-state index is 11.8. The predicted molar refractivity (Wildman–Crippen MR) is 73.4 cm³/mol. The van der Waals surface area contributed by atoms with E-state index in [9.17, 15) is 4.79 Å². The van der Waals surface area contributed by atoms with Crippen LogP contribution in [0.3, 0.4) is 0 Å². The minimum atomic E-state index is -0.445. The fourth-order valence-electron chi connectivity index (χ4n) is 1.89. The Bertz CT molecular complexity index is 617. The number of hydrogen-bond donors (Lipinski definition) is 1. The number of carbonyl (C=O) groups is 1. The second-order valence-electron chi connectivity index (χ2n) is 4.28. The van der Waals surface area contributed by atoms with Gasteiger partial charge in [0, 0.05) is 5.56 Å². The van der Waals surface area contributed by atoms with E-state index in [1.807, 2.05) is 31.2 Å². The Hall–Kier alpha value is -2.30. The maximum atomic E-state index is 11.8. The number of nitrogens with two attached hydrogens (primary N) is 1. The fraction of sp³-hybridized carbons (Fsp3) is 0.286. The summed E-state index contributed by atoms with van der Waals surface area (Å²) in [5.74, 6) is 0.0105. The molecule has 0 amide bonds. The number of rotatable bonds is 3. The Morgan fingerprint density at radius 2 is 2.05 bits per heavy atom. The molecule has 100 valence electrons. The Morgan fingerprint density at radius 1 is 1.37 bits per heavy atom. The van der Waals surface area contributed by atoms with Crippen LogP contribution in [0.5, 0.6) is 0 Å². The second-order valence-corrected chi connectivity index (χ2v) is 4.28. The number of nitrogen functional groups attached to an aromatic ring is 1. The minimum absolute atomic E-state index is 0.266. The maximum Gasteiger partial charge on any atom is 0.359 e. The van der Waals surface area contributed by atoms with Crippen LogP contribution >= 0.6 is 0 Å². The van der Waals surface area contributed by atoms with Crippen LogP contribution in [-0.4, -0.2) is 22.4 Å². The summed E-state index contributed by atoms with van der Waals surface area (Å²) in [5.41, 5.74) is 8.83. The van der Waals surface area contributed by atoms with Crippen LogP contribution in [0, 0.1) is 13.8 Å². The molecule has 0 saturated heterocycles. The van der Waals surface area contributed by atoms with Gasteiger partial charge in [-0.1, -0.05) is 18.2 Å². The van der Waals surface area contributed by atoms with Crippen LogP contribution in [0.4, 0.5) is 5.82 Å². The highest BCUT2D eigenvalue weighted by Crippen LogP contribution is 2.22. The van der Waals surface area contributed by atoms with Crippen molar-refractivity contribution in [3.8, 4) is 5.69 Å². The van der Waals surface area contributed by atoms with E-state index in [1.165, 1.54) is 0 Å². The highest BCUT2D eigenvalue weighted by Gasteiger charge is 2.20. The van der Waals surface area contributed by atoms with Gasteiger partial charge in [-0.25, -0.2) is 9.48 Å². The van der Waals surface area contributed by atoms with Crippen LogP contribution in [0.1, 0.15) is 28.5 Å². The summed E-state index contributed by atoms with van der Waals surface area (Å²) in [7, 11) is 0. The topological polar surface area (TPSA) is 70.1 Å². The Kier molecular flexibility index (Phi) is 3.55. The molecule has 0 atom stereocenters. The minimum Gasteiger partial charge on any atom is -0.461 e. The largest absolute Gasteiger partial charge is 0.461 e. The first-order valence-electron chi connectivity index (χ1n) is 6.14. The summed E-state index contributed by atoms with van der Waals surface area (Å²) in [6.07, 6.45) is 0. The number of nitrogens with zero attached hydrogens (tertiary/aromatic N) is 2. The molecule has 2 N–H and O–H groups in total. The first-order valence-corrected chi connectivity index (χ1v) is 6.14. The molecule has 0 aliphatic rings. The van der Waals surface area contributed by atoms with Crippen molar-refractivity contribution >= 4 is 11.8 Å². The lowest BCUT2D eigenvalue weighted by molar-refractivity contribution is 0.0518. The lowest BCUT2D eigenvalue weighted by Crippen LogP contribution is -2.08. The van der Waals surface area contributed by atoms with E-state index in [1.54, 1.807) is 18.5 Å². The molecule has 2 rings (SSSR count). The highest BCUT2D eigenvalue weighted by molar-refractivity contribution is 5.90. The van der Waals surface area contributed by atoms with Gasteiger partial charge in [0.2, 0.25) is 0 Å². The van der Waals surface area contributed by atoms with Gasteiger partial charge in [-0.2, -0.15) is 5.10 Å². The zero-order chi connectivity index (χ0) is 14.0. The molecule has 0 fully saturated rings. The van der Waals surface area contributed by atoms with E-state index in [0.717, 1.165) is 11.3 Å². The summed E-state index contributed by atoms with van der Waals surface area (Å²) in [4.78, 5) is 11.8. The molecule has 5 nitrogen and oxygen atoms in total. The Balaban J connectivity index is 2.52. The second kappa shape index (κ2) is 5.14. The van der Waals surface area contributed by atoms with Crippen LogP contribution < -0.4 is 5.73 Å². The summed E-state index contributed by atoms with van der Waals surface area (Å²) in [6, 6.07) is 7.73. The van der Waals surface area contributed by atoms with Crippen LogP contribution in [-0.2, 0) is 4.74 Å². The van der Waals surface area contributed by atoms with Gasteiger partial charge in [0.05, 0.1) is 12.3 Å². The molecule has 0 aliphatic heterocycles. The van der Waals surface area contributed by atoms with E-state index in [0.29, 0.717) is 18.0 Å². The van der Waals surface area contributed by atoms with Crippen LogP contribution in [0.25, 0.3) is 5.69 Å². The lowest BCUT2D eigenvalue weighted by Gasteiger charge is -2.07. The molecule has 0 aliphatic carbocycles. The Labute approximate surface area is 112 Å².